The monoisotopic (exact) mass is 256 g/mol. The van der Waals surface area contributed by atoms with Gasteiger partial charge in [0, 0.05) is 12.0 Å². The lowest BCUT2D eigenvalue weighted by Crippen LogP contribution is -2.08. The Balaban J connectivity index is 1.66. The van der Waals surface area contributed by atoms with E-state index in [9.17, 15) is 4.79 Å². The van der Waals surface area contributed by atoms with Gasteiger partial charge in [0.1, 0.15) is 0 Å². The zero-order valence-electron chi connectivity index (χ0n) is 11.8. The van der Waals surface area contributed by atoms with Crippen molar-refractivity contribution in [1.82, 2.24) is 0 Å². The van der Waals surface area contributed by atoms with Crippen LogP contribution in [0.4, 0.5) is 0 Å². The molecular weight excluding hydrogens is 232 g/mol. The first-order chi connectivity index (χ1) is 9.33. The number of carbonyl (C=O) groups excluding carboxylic acids is 1. The molecule has 1 nitrogen and oxygen atoms in total. The highest BCUT2D eigenvalue weighted by molar-refractivity contribution is 5.96. The van der Waals surface area contributed by atoms with E-state index >= 15 is 0 Å². The van der Waals surface area contributed by atoms with Crippen LogP contribution in [0.5, 0.6) is 0 Å². The molecule has 0 saturated heterocycles. The highest BCUT2D eigenvalue weighted by Crippen LogP contribution is 2.28. The maximum Gasteiger partial charge on any atom is 0.163 e. The van der Waals surface area contributed by atoms with E-state index in [4.69, 9.17) is 0 Å². The van der Waals surface area contributed by atoms with Crippen LogP contribution in [0.2, 0.25) is 0 Å². The summed E-state index contributed by atoms with van der Waals surface area (Å²) in [5.74, 6) is 1.02. The summed E-state index contributed by atoms with van der Waals surface area (Å²) in [5, 5.41) is 0. The number of Topliss-reactive ketones (excluding diaryl/α,β-unsaturated/α-hetero) is 1. The molecule has 0 radical (unpaired) electrons. The summed E-state index contributed by atoms with van der Waals surface area (Å²) in [6.45, 7) is 0. The molecule has 0 aliphatic heterocycles. The van der Waals surface area contributed by atoms with Gasteiger partial charge in [-0.25, -0.2) is 0 Å². The molecule has 0 N–H and O–H groups in total. The first-order valence-corrected chi connectivity index (χ1v) is 7.98. The predicted molar refractivity (Wildman–Crippen MR) is 78.6 cm³/mol. The van der Waals surface area contributed by atoms with Crippen molar-refractivity contribution in [3.05, 3.63) is 34.9 Å². The summed E-state index contributed by atoms with van der Waals surface area (Å²) < 4.78 is 0. The maximum atomic E-state index is 12.4. The lowest BCUT2D eigenvalue weighted by molar-refractivity contribution is 0.0957. The summed E-state index contributed by atoms with van der Waals surface area (Å²) in [4.78, 5) is 12.4. The zero-order valence-corrected chi connectivity index (χ0v) is 11.8. The predicted octanol–water partition coefficient (Wildman–Crippen LogP) is 4.72. The largest absolute Gasteiger partial charge is 0.294 e. The summed E-state index contributed by atoms with van der Waals surface area (Å²) in [6, 6.07) is 6.41. The average Bonchev–Trinajstić information content (AvgIpc) is 2.75. The second-order valence-electron chi connectivity index (χ2n) is 6.32. The van der Waals surface area contributed by atoms with Crippen molar-refractivity contribution in [1.29, 1.82) is 0 Å². The van der Waals surface area contributed by atoms with Crippen molar-refractivity contribution in [3.8, 4) is 0 Å². The Hall–Kier alpha value is -1.11. The van der Waals surface area contributed by atoms with Gasteiger partial charge in [0.25, 0.3) is 0 Å². The van der Waals surface area contributed by atoms with Crippen molar-refractivity contribution in [3.63, 3.8) is 0 Å². The van der Waals surface area contributed by atoms with Gasteiger partial charge in [-0.15, -0.1) is 0 Å². The molecule has 1 saturated carbocycles. The summed E-state index contributed by atoms with van der Waals surface area (Å²) in [7, 11) is 0. The van der Waals surface area contributed by atoms with Gasteiger partial charge < -0.3 is 0 Å². The highest BCUT2D eigenvalue weighted by Gasteiger charge is 2.19. The lowest BCUT2D eigenvalue weighted by atomic mass is 9.91. The fraction of sp³-hybridized carbons (Fsp3) is 0.611. The minimum absolute atomic E-state index is 0.376. The second kappa shape index (κ2) is 5.90. The molecule has 1 aromatic rings. The van der Waals surface area contributed by atoms with E-state index in [1.807, 2.05) is 0 Å². The van der Waals surface area contributed by atoms with Crippen molar-refractivity contribution in [2.75, 3.05) is 0 Å². The van der Waals surface area contributed by atoms with Crippen LogP contribution < -0.4 is 0 Å². The van der Waals surface area contributed by atoms with E-state index in [2.05, 4.69) is 18.2 Å². The Morgan fingerprint density at radius 2 is 1.68 bits per heavy atom. The molecule has 0 atom stereocenters. The number of benzene rings is 1. The molecule has 102 valence electrons. The topological polar surface area (TPSA) is 17.1 Å². The number of fused-ring (bicyclic) bond motifs is 1. The first-order valence-electron chi connectivity index (χ1n) is 7.98. The SMILES string of the molecule is O=C(CC1CCCCCC1)c1ccc2c(c1)CCC2. The van der Waals surface area contributed by atoms with Crippen LogP contribution in [0.1, 0.15) is 72.9 Å². The van der Waals surface area contributed by atoms with E-state index in [1.165, 1.54) is 68.9 Å². The second-order valence-corrected chi connectivity index (χ2v) is 6.32. The number of carbonyl (C=O) groups is 1. The Morgan fingerprint density at radius 1 is 0.947 bits per heavy atom. The van der Waals surface area contributed by atoms with Crippen LogP contribution in [0.15, 0.2) is 18.2 Å². The molecule has 0 unspecified atom stereocenters. The molecule has 1 heteroatoms. The normalized spacial score (nSPS) is 20.0. The van der Waals surface area contributed by atoms with Gasteiger partial charge in [0.2, 0.25) is 0 Å². The Kier molecular flexibility index (Phi) is 4.00. The molecular formula is C18H24O. The molecule has 3 rings (SSSR count). The fourth-order valence-electron chi connectivity index (χ4n) is 3.69. The van der Waals surface area contributed by atoms with Crippen molar-refractivity contribution >= 4 is 5.78 Å². The summed E-state index contributed by atoms with van der Waals surface area (Å²) in [6.07, 6.45) is 12.3. The quantitative estimate of drug-likeness (QED) is 0.565. The van der Waals surface area contributed by atoms with E-state index < -0.39 is 0 Å². The molecule has 0 heterocycles. The van der Waals surface area contributed by atoms with Crippen LogP contribution in [0.3, 0.4) is 0 Å². The van der Waals surface area contributed by atoms with Crippen LogP contribution in [0, 0.1) is 5.92 Å². The first kappa shape index (κ1) is 12.9. The smallest absolute Gasteiger partial charge is 0.163 e. The Bertz CT molecular complexity index is 453. The summed E-state index contributed by atoms with van der Waals surface area (Å²) >= 11 is 0. The van der Waals surface area contributed by atoms with Gasteiger partial charge in [0.15, 0.2) is 5.78 Å². The number of aryl methyl sites for hydroxylation is 2. The van der Waals surface area contributed by atoms with Gasteiger partial charge >= 0.3 is 0 Å². The fourth-order valence-corrected chi connectivity index (χ4v) is 3.69. The molecule has 1 aromatic carbocycles. The third-order valence-corrected chi connectivity index (χ3v) is 4.87. The van der Waals surface area contributed by atoms with E-state index in [0.29, 0.717) is 11.7 Å². The van der Waals surface area contributed by atoms with Crippen molar-refractivity contribution < 1.29 is 4.79 Å². The number of hydrogen-bond acceptors (Lipinski definition) is 1. The maximum absolute atomic E-state index is 12.4. The molecule has 0 bridgehead atoms. The van der Waals surface area contributed by atoms with E-state index in [-0.39, 0.29) is 0 Å². The molecule has 0 aromatic heterocycles. The van der Waals surface area contributed by atoms with Gasteiger partial charge in [0.05, 0.1) is 0 Å². The van der Waals surface area contributed by atoms with Crippen LogP contribution >= 0.6 is 0 Å². The number of hydrogen-bond donors (Lipinski definition) is 0. The van der Waals surface area contributed by atoms with Gasteiger partial charge in [-0.3, -0.25) is 4.79 Å². The Labute approximate surface area is 116 Å². The molecule has 2 aliphatic carbocycles. The standard InChI is InChI=1S/C18H24O/c19-18(12-14-6-3-1-2-4-7-14)17-11-10-15-8-5-9-16(15)13-17/h10-11,13-14H,1-9,12H2. The molecule has 2 aliphatic rings. The van der Waals surface area contributed by atoms with Crippen molar-refractivity contribution in [2.24, 2.45) is 5.92 Å². The minimum atomic E-state index is 0.376. The highest BCUT2D eigenvalue weighted by atomic mass is 16.1. The van der Waals surface area contributed by atoms with Gasteiger partial charge in [-0.2, -0.15) is 0 Å². The van der Waals surface area contributed by atoms with Gasteiger partial charge in [-0.1, -0.05) is 50.7 Å². The average molecular weight is 256 g/mol. The van der Waals surface area contributed by atoms with Crippen LogP contribution in [-0.4, -0.2) is 5.78 Å². The Morgan fingerprint density at radius 3 is 2.47 bits per heavy atom. The van der Waals surface area contributed by atoms with E-state index in [1.54, 1.807) is 0 Å². The number of ketones is 1. The van der Waals surface area contributed by atoms with Crippen molar-refractivity contribution in [2.45, 2.75) is 64.2 Å². The van der Waals surface area contributed by atoms with Gasteiger partial charge in [-0.05, 0) is 42.4 Å². The van der Waals surface area contributed by atoms with Crippen LogP contribution in [-0.2, 0) is 12.8 Å². The molecule has 0 amide bonds. The van der Waals surface area contributed by atoms with Crippen LogP contribution in [0.25, 0.3) is 0 Å². The third kappa shape index (κ3) is 3.08. The third-order valence-electron chi connectivity index (χ3n) is 4.87. The minimum Gasteiger partial charge on any atom is -0.294 e. The molecule has 0 spiro atoms. The zero-order chi connectivity index (χ0) is 13.1. The number of rotatable bonds is 3. The molecule has 1 fully saturated rings. The lowest BCUT2D eigenvalue weighted by Gasteiger charge is -2.13. The molecule has 19 heavy (non-hydrogen) atoms. The van der Waals surface area contributed by atoms with E-state index in [0.717, 1.165) is 12.0 Å². The summed E-state index contributed by atoms with van der Waals surface area (Å²) in [5.41, 5.74) is 3.85.